The Kier molecular flexibility index (Phi) is 3.89. The van der Waals surface area contributed by atoms with Gasteiger partial charge in [-0.05, 0) is 43.1 Å². The number of rotatable bonds is 5. The summed E-state index contributed by atoms with van der Waals surface area (Å²) in [5.74, 6) is 0.919. The predicted molar refractivity (Wildman–Crippen MR) is 77.0 cm³/mol. The molecule has 1 unspecified atom stereocenters. The fourth-order valence-electron chi connectivity index (χ4n) is 2.42. The quantitative estimate of drug-likeness (QED) is 0.913. The first-order chi connectivity index (χ1) is 9.74. The van der Waals surface area contributed by atoms with Gasteiger partial charge in [-0.25, -0.2) is 4.68 Å². The highest BCUT2D eigenvalue weighted by Gasteiger charge is 2.23. The van der Waals surface area contributed by atoms with Gasteiger partial charge in [0.25, 0.3) is 0 Å². The van der Waals surface area contributed by atoms with E-state index >= 15 is 0 Å². The van der Waals surface area contributed by atoms with Gasteiger partial charge in [-0.2, -0.15) is 0 Å². The Morgan fingerprint density at radius 1 is 1.45 bits per heavy atom. The highest BCUT2D eigenvalue weighted by atomic mass is 35.5. The third-order valence-electron chi connectivity index (χ3n) is 3.38. The van der Waals surface area contributed by atoms with E-state index in [0.717, 1.165) is 41.3 Å². The van der Waals surface area contributed by atoms with E-state index in [-0.39, 0.29) is 6.10 Å². The first-order valence-corrected chi connectivity index (χ1v) is 7.16. The van der Waals surface area contributed by atoms with Gasteiger partial charge in [0.1, 0.15) is 11.9 Å². The number of aromatic nitrogens is 3. The van der Waals surface area contributed by atoms with Crippen molar-refractivity contribution in [3.05, 3.63) is 40.7 Å². The van der Waals surface area contributed by atoms with Gasteiger partial charge in [0.2, 0.25) is 0 Å². The van der Waals surface area contributed by atoms with Gasteiger partial charge < -0.3 is 10.5 Å². The van der Waals surface area contributed by atoms with Gasteiger partial charge >= 0.3 is 0 Å². The molecule has 0 fully saturated rings. The average Bonchev–Trinajstić information content (AvgIpc) is 3.02. The van der Waals surface area contributed by atoms with Crippen LogP contribution < -0.4 is 10.5 Å². The monoisotopic (exact) mass is 292 g/mol. The Labute approximate surface area is 122 Å². The zero-order valence-corrected chi connectivity index (χ0v) is 11.9. The van der Waals surface area contributed by atoms with Crippen LogP contribution in [0, 0.1) is 0 Å². The highest BCUT2D eigenvalue weighted by molar-refractivity contribution is 6.30. The van der Waals surface area contributed by atoms with E-state index in [2.05, 4.69) is 10.3 Å². The summed E-state index contributed by atoms with van der Waals surface area (Å²) in [7, 11) is 0. The van der Waals surface area contributed by atoms with Crippen molar-refractivity contribution in [1.82, 2.24) is 15.0 Å². The fourth-order valence-corrected chi connectivity index (χ4v) is 2.62. The Balaban J connectivity index is 1.61. The number of aryl methyl sites for hydroxylation is 1. The molecule has 2 heterocycles. The van der Waals surface area contributed by atoms with Crippen molar-refractivity contribution in [3.8, 4) is 5.75 Å². The predicted octanol–water partition coefficient (Wildman–Crippen LogP) is 1.83. The molecule has 5 nitrogen and oxygen atoms in total. The maximum atomic E-state index is 5.99. The number of hydrogen-bond donors (Lipinski definition) is 1. The summed E-state index contributed by atoms with van der Waals surface area (Å²) in [5.41, 5.74) is 7.63. The summed E-state index contributed by atoms with van der Waals surface area (Å²) in [6.07, 6.45) is 4.72. The zero-order chi connectivity index (χ0) is 13.9. The second kappa shape index (κ2) is 5.81. The van der Waals surface area contributed by atoms with E-state index in [1.807, 2.05) is 29.1 Å². The molecule has 0 radical (unpaired) electrons. The molecule has 106 valence electrons. The summed E-state index contributed by atoms with van der Waals surface area (Å²) in [4.78, 5) is 0. The normalized spacial score (nSPS) is 17.0. The van der Waals surface area contributed by atoms with Crippen LogP contribution in [0.5, 0.6) is 5.75 Å². The second-order valence-corrected chi connectivity index (χ2v) is 5.46. The van der Waals surface area contributed by atoms with E-state index in [4.69, 9.17) is 22.1 Å². The molecule has 1 aliphatic heterocycles. The SMILES string of the molecule is NCCCc1cn(CC2Cc3cc(Cl)ccc3O2)nn1. The lowest BCUT2D eigenvalue weighted by molar-refractivity contribution is 0.202. The first kappa shape index (κ1) is 13.4. The number of nitrogens with two attached hydrogens (primary N) is 1. The zero-order valence-electron chi connectivity index (χ0n) is 11.1. The number of halogens is 1. The van der Waals surface area contributed by atoms with Gasteiger partial charge in [-0.3, -0.25) is 0 Å². The number of fused-ring (bicyclic) bond motifs is 1. The molecule has 1 aliphatic rings. The molecule has 0 saturated carbocycles. The summed E-state index contributed by atoms with van der Waals surface area (Å²) in [6.45, 7) is 1.37. The molecular weight excluding hydrogens is 276 g/mol. The summed E-state index contributed by atoms with van der Waals surface area (Å²) in [5, 5.41) is 9.02. The minimum Gasteiger partial charge on any atom is -0.488 e. The van der Waals surface area contributed by atoms with Crippen LogP contribution in [0.3, 0.4) is 0 Å². The molecule has 1 atom stereocenters. The van der Waals surface area contributed by atoms with Gasteiger partial charge in [0.05, 0.1) is 12.2 Å². The van der Waals surface area contributed by atoms with Crippen LogP contribution in [0.25, 0.3) is 0 Å². The molecule has 2 N–H and O–H groups in total. The van der Waals surface area contributed by atoms with Crippen molar-refractivity contribution < 1.29 is 4.74 Å². The summed E-state index contributed by atoms with van der Waals surface area (Å²) >= 11 is 5.99. The van der Waals surface area contributed by atoms with Crippen LogP contribution in [-0.2, 0) is 19.4 Å². The second-order valence-electron chi connectivity index (χ2n) is 5.02. The number of hydrogen-bond acceptors (Lipinski definition) is 4. The highest BCUT2D eigenvalue weighted by Crippen LogP contribution is 2.31. The fraction of sp³-hybridized carbons (Fsp3) is 0.429. The van der Waals surface area contributed by atoms with Crippen LogP contribution in [0.1, 0.15) is 17.7 Å². The van der Waals surface area contributed by atoms with Gasteiger partial charge in [-0.1, -0.05) is 16.8 Å². The lowest BCUT2D eigenvalue weighted by atomic mass is 10.1. The summed E-state index contributed by atoms with van der Waals surface area (Å²) < 4.78 is 7.73. The number of nitrogens with zero attached hydrogens (tertiary/aromatic N) is 3. The molecule has 1 aromatic heterocycles. The van der Waals surface area contributed by atoms with Gasteiger partial charge in [0, 0.05) is 17.6 Å². The maximum Gasteiger partial charge on any atom is 0.123 e. The molecule has 0 saturated heterocycles. The third kappa shape index (κ3) is 2.94. The maximum absolute atomic E-state index is 5.99. The molecule has 1 aromatic carbocycles. The van der Waals surface area contributed by atoms with E-state index < -0.39 is 0 Å². The van der Waals surface area contributed by atoms with Crippen LogP contribution >= 0.6 is 11.6 Å². The van der Waals surface area contributed by atoms with Gasteiger partial charge in [0.15, 0.2) is 0 Å². The van der Waals surface area contributed by atoms with E-state index in [1.165, 1.54) is 0 Å². The van der Waals surface area contributed by atoms with E-state index in [0.29, 0.717) is 13.1 Å². The van der Waals surface area contributed by atoms with Crippen molar-refractivity contribution in [2.75, 3.05) is 6.54 Å². The van der Waals surface area contributed by atoms with Crippen LogP contribution in [0.4, 0.5) is 0 Å². The molecular formula is C14H17ClN4O. The lowest BCUT2D eigenvalue weighted by Crippen LogP contribution is -2.21. The van der Waals surface area contributed by atoms with Crippen LogP contribution in [0.2, 0.25) is 5.02 Å². The average molecular weight is 293 g/mol. The Bertz CT molecular complexity index is 599. The molecule has 0 aliphatic carbocycles. The Hall–Kier alpha value is -1.59. The molecule has 3 rings (SSSR count). The van der Waals surface area contributed by atoms with Crippen molar-refractivity contribution >= 4 is 11.6 Å². The van der Waals surface area contributed by atoms with Crippen LogP contribution in [0.15, 0.2) is 24.4 Å². The molecule has 0 spiro atoms. The minimum atomic E-state index is 0.0903. The molecule has 0 bridgehead atoms. The third-order valence-corrected chi connectivity index (χ3v) is 3.61. The standard InChI is InChI=1S/C14H17ClN4O/c15-11-3-4-14-10(6-11)7-13(20-14)9-19-8-12(17-18-19)2-1-5-16/h3-4,6,8,13H,1-2,5,7,9,16H2. The molecule has 0 amide bonds. The molecule has 20 heavy (non-hydrogen) atoms. The van der Waals surface area contributed by atoms with Crippen molar-refractivity contribution in [3.63, 3.8) is 0 Å². The van der Waals surface area contributed by atoms with Gasteiger partial charge in [-0.15, -0.1) is 5.10 Å². The Morgan fingerprint density at radius 3 is 3.20 bits per heavy atom. The van der Waals surface area contributed by atoms with Crippen molar-refractivity contribution in [2.24, 2.45) is 5.73 Å². The number of ether oxygens (including phenoxy) is 1. The smallest absolute Gasteiger partial charge is 0.123 e. The lowest BCUT2D eigenvalue weighted by Gasteiger charge is -2.09. The Morgan fingerprint density at radius 2 is 2.35 bits per heavy atom. The van der Waals surface area contributed by atoms with E-state index in [9.17, 15) is 0 Å². The molecule has 2 aromatic rings. The van der Waals surface area contributed by atoms with Crippen LogP contribution in [-0.4, -0.2) is 27.6 Å². The summed E-state index contributed by atoms with van der Waals surface area (Å²) in [6, 6.07) is 5.74. The largest absolute Gasteiger partial charge is 0.488 e. The topological polar surface area (TPSA) is 66.0 Å². The number of benzene rings is 1. The molecule has 6 heteroatoms. The minimum absolute atomic E-state index is 0.0903. The first-order valence-electron chi connectivity index (χ1n) is 6.79. The van der Waals surface area contributed by atoms with Crippen molar-refractivity contribution in [1.29, 1.82) is 0 Å². The van der Waals surface area contributed by atoms with E-state index in [1.54, 1.807) is 0 Å². The van der Waals surface area contributed by atoms with Crippen molar-refractivity contribution in [2.45, 2.75) is 31.9 Å².